The van der Waals surface area contributed by atoms with Crippen molar-refractivity contribution in [2.75, 3.05) is 0 Å². The van der Waals surface area contributed by atoms with Crippen LogP contribution >= 0.6 is 0 Å². The molecule has 1 N–H and O–H groups in total. The second kappa shape index (κ2) is 2.84. The van der Waals surface area contributed by atoms with Gasteiger partial charge in [0.15, 0.2) is 0 Å². The van der Waals surface area contributed by atoms with Crippen LogP contribution in [0.4, 0.5) is 0 Å². The van der Waals surface area contributed by atoms with Gasteiger partial charge in [-0.25, -0.2) is 4.79 Å². The molecular weight excluding hydrogens is 176 g/mol. The van der Waals surface area contributed by atoms with E-state index < -0.39 is 5.97 Å². The fourth-order valence-electron chi connectivity index (χ4n) is 2.26. The van der Waals surface area contributed by atoms with Crippen molar-refractivity contribution in [2.45, 2.75) is 32.1 Å². The fraction of sp³-hybridized carbons (Fsp3) is 0.417. The molecule has 1 aliphatic rings. The van der Waals surface area contributed by atoms with Crippen LogP contribution in [-0.2, 0) is 11.8 Å². The van der Waals surface area contributed by atoms with E-state index >= 15 is 0 Å². The van der Waals surface area contributed by atoms with Crippen molar-refractivity contribution in [1.29, 1.82) is 0 Å². The van der Waals surface area contributed by atoms with Gasteiger partial charge in [-0.2, -0.15) is 0 Å². The highest BCUT2D eigenvalue weighted by atomic mass is 16.4. The van der Waals surface area contributed by atoms with Gasteiger partial charge < -0.3 is 5.11 Å². The van der Waals surface area contributed by atoms with Gasteiger partial charge >= 0.3 is 5.97 Å². The minimum Gasteiger partial charge on any atom is -0.478 e. The number of aromatic carboxylic acids is 1. The average molecular weight is 190 g/mol. The highest BCUT2D eigenvalue weighted by Crippen LogP contribution is 2.39. The number of rotatable bonds is 1. The van der Waals surface area contributed by atoms with E-state index in [1.165, 1.54) is 5.56 Å². The van der Waals surface area contributed by atoms with Crippen molar-refractivity contribution in [2.24, 2.45) is 0 Å². The minimum atomic E-state index is -0.806. The summed E-state index contributed by atoms with van der Waals surface area (Å²) < 4.78 is 0. The lowest BCUT2D eigenvalue weighted by atomic mass is 9.86. The van der Waals surface area contributed by atoms with E-state index in [1.807, 2.05) is 6.07 Å². The molecule has 0 unspecified atom stereocenters. The Kier molecular flexibility index (Phi) is 1.88. The summed E-state index contributed by atoms with van der Waals surface area (Å²) >= 11 is 0. The molecule has 0 radical (unpaired) electrons. The third-order valence-corrected chi connectivity index (χ3v) is 3.14. The van der Waals surface area contributed by atoms with Gasteiger partial charge in [-0.05, 0) is 35.4 Å². The van der Waals surface area contributed by atoms with E-state index in [0.29, 0.717) is 5.56 Å². The zero-order valence-corrected chi connectivity index (χ0v) is 8.50. The lowest BCUT2D eigenvalue weighted by molar-refractivity contribution is 0.0696. The largest absolute Gasteiger partial charge is 0.478 e. The van der Waals surface area contributed by atoms with Crippen molar-refractivity contribution in [1.82, 2.24) is 0 Å². The number of fused-ring (bicyclic) bond motifs is 1. The molecule has 0 atom stereocenters. The van der Waals surface area contributed by atoms with Crippen LogP contribution in [0.5, 0.6) is 0 Å². The molecule has 0 saturated heterocycles. The van der Waals surface area contributed by atoms with Gasteiger partial charge in [0.2, 0.25) is 0 Å². The molecule has 1 aromatic rings. The van der Waals surface area contributed by atoms with Crippen molar-refractivity contribution < 1.29 is 9.90 Å². The molecule has 0 fully saturated rings. The first kappa shape index (κ1) is 9.25. The molecule has 2 heteroatoms. The zero-order valence-electron chi connectivity index (χ0n) is 8.50. The third kappa shape index (κ3) is 1.22. The number of hydrogen-bond acceptors (Lipinski definition) is 1. The summed E-state index contributed by atoms with van der Waals surface area (Å²) in [7, 11) is 0. The summed E-state index contributed by atoms with van der Waals surface area (Å²) in [4.78, 5) is 11.0. The van der Waals surface area contributed by atoms with Crippen LogP contribution in [0.25, 0.3) is 0 Å². The molecule has 0 aliphatic heterocycles. The predicted molar refractivity (Wildman–Crippen MR) is 54.7 cm³/mol. The molecule has 0 heterocycles. The van der Waals surface area contributed by atoms with E-state index in [4.69, 9.17) is 5.11 Å². The molecule has 1 aliphatic carbocycles. The normalized spacial score (nSPS) is 17.9. The Labute approximate surface area is 83.6 Å². The molecule has 1 aromatic carbocycles. The number of carboxylic acid groups (broad SMARTS) is 1. The van der Waals surface area contributed by atoms with Gasteiger partial charge in [-0.3, -0.25) is 0 Å². The molecule has 0 amide bonds. The summed E-state index contributed by atoms with van der Waals surface area (Å²) in [6.07, 6.45) is 1.94. The van der Waals surface area contributed by atoms with E-state index in [0.717, 1.165) is 18.4 Å². The summed E-state index contributed by atoms with van der Waals surface area (Å²) in [6, 6.07) is 5.59. The van der Waals surface area contributed by atoms with Gasteiger partial charge in [0.05, 0.1) is 5.56 Å². The molecule has 0 saturated carbocycles. The Morgan fingerprint density at radius 2 is 2.14 bits per heavy atom. The summed E-state index contributed by atoms with van der Waals surface area (Å²) in [5.74, 6) is -0.806. The van der Waals surface area contributed by atoms with Crippen LogP contribution in [-0.4, -0.2) is 11.1 Å². The number of carbonyl (C=O) groups is 1. The SMILES string of the molecule is CC1(C)CCc2c(C(=O)O)cccc21. The van der Waals surface area contributed by atoms with Crippen LogP contribution in [0.1, 0.15) is 41.8 Å². The van der Waals surface area contributed by atoms with Crippen LogP contribution in [0.15, 0.2) is 18.2 Å². The minimum absolute atomic E-state index is 0.140. The Morgan fingerprint density at radius 1 is 1.43 bits per heavy atom. The first-order valence-corrected chi connectivity index (χ1v) is 4.88. The molecule has 0 spiro atoms. The lowest BCUT2D eigenvalue weighted by Gasteiger charge is -2.18. The Bertz CT molecular complexity index is 391. The lowest BCUT2D eigenvalue weighted by Crippen LogP contribution is -2.12. The molecular formula is C12H14O2. The predicted octanol–water partition coefficient (Wildman–Crippen LogP) is 2.61. The summed E-state index contributed by atoms with van der Waals surface area (Å²) in [6.45, 7) is 4.34. The molecule has 0 bridgehead atoms. The highest BCUT2D eigenvalue weighted by molar-refractivity contribution is 5.90. The molecule has 14 heavy (non-hydrogen) atoms. The highest BCUT2D eigenvalue weighted by Gasteiger charge is 2.31. The van der Waals surface area contributed by atoms with Gasteiger partial charge in [-0.1, -0.05) is 26.0 Å². The van der Waals surface area contributed by atoms with Crippen molar-refractivity contribution in [3.63, 3.8) is 0 Å². The second-order valence-electron chi connectivity index (χ2n) is 4.52. The summed E-state index contributed by atoms with van der Waals surface area (Å²) in [5, 5.41) is 9.02. The van der Waals surface area contributed by atoms with Gasteiger partial charge in [0.25, 0.3) is 0 Å². The van der Waals surface area contributed by atoms with Gasteiger partial charge in [-0.15, -0.1) is 0 Å². The van der Waals surface area contributed by atoms with Crippen LogP contribution < -0.4 is 0 Å². The quantitative estimate of drug-likeness (QED) is 0.739. The van der Waals surface area contributed by atoms with Crippen LogP contribution in [0.3, 0.4) is 0 Å². The third-order valence-electron chi connectivity index (χ3n) is 3.14. The molecule has 74 valence electrons. The smallest absolute Gasteiger partial charge is 0.335 e. The Hall–Kier alpha value is -1.31. The summed E-state index contributed by atoms with van der Waals surface area (Å²) in [5.41, 5.74) is 2.86. The van der Waals surface area contributed by atoms with Gasteiger partial charge in [0.1, 0.15) is 0 Å². The fourth-order valence-corrected chi connectivity index (χ4v) is 2.26. The van der Waals surface area contributed by atoms with Crippen LogP contribution in [0, 0.1) is 0 Å². The maximum atomic E-state index is 11.0. The van der Waals surface area contributed by atoms with Crippen molar-refractivity contribution in [3.05, 3.63) is 34.9 Å². The monoisotopic (exact) mass is 190 g/mol. The Balaban J connectivity index is 2.61. The van der Waals surface area contributed by atoms with Crippen LogP contribution in [0.2, 0.25) is 0 Å². The van der Waals surface area contributed by atoms with Crippen molar-refractivity contribution >= 4 is 5.97 Å². The van der Waals surface area contributed by atoms with Crippen molar-refractivity contribution in [3.8, 4) is 0 Å². The first-order chi connectivity index (χ1) is 6.52. The number of benzene rings is 1. The van der Waals surface area contributed by atoms with E-state index in [1.54, 1.807) is 6.07 Å². The first-order valence-electron chi connectivity index (χ1n) is 4.88. The maximum Gasteiger partial charge on any atom is 0.335 e. The van der Waals surface area contributed by atoms with Gasteiger partial charge in [0, 0.05) is 0 Å². The molecule has 2 nitrogen and oxygen atoms in total. The second-order valence-corrected chi connectivity index (χ2v) is 4.52. The number of carboxylic acids is 1. The number of hydrogen-bond donors (Lipinski definition) is 1. The molecule has 2 rings (SSSR count). The van der Waals surface area contributed by atoms with E-state index in [9.17, 15) is 4.79 Å². The standard InChI is InChI=1S/C12H14O2/c1-12(2)7-6-8-9(11(13)14)4-3-5-10(8)12/h3-5H,6-7H2,1-2H3,(H,13,14). The van der Waals surface area contributed by atoms with E-state index in [-0.39, 0.29) is 5.41 Å². The Morgan fingerprint density at radius 3 is 2.79 bits per heavy atom. The topological polar surface area (TPSA) is 37.3 Å². The van der Waals surface area contributed by atoms with E-state index in [2.05, 4.69) is 19.9 Å². The maximum absolute atomic E-state index is 11.0. The average Bonchev–Trinajstić information content (AvgIpc) is 2.42. The zero-order chi connectivity index (χ0) is 10.3. The molecule has 0 aromatic heterocycles.